The van der Waals surface area contributed by atoms with E-state index in [1.807, 2.05) is 50.2 Å². The molecule has 174 valence electrons. The van der Waals surface area contributed by atoms with Crippen LogP contribution in [0.25, 0.3) is 0 Å². The van der Waals surface area contributed by atoms with Crippen LogP contribution < -0.4 is 18.9 Å². The van der Waals surface area contributed by atoms with Gasteiger partial charge in [-0.3, -0.25) is 9.69 Å². The van der Waals surface area contributed by atoms with Crippen molar-refractivity contribution in [2.45, 2.75) is 32.7 Å². The first-order chi connectivity index (χ1) is 15.5. The molecule has 0 aliphatic carbocycles. The zero-order valence-corrected chi connectivity index (χ0v) is 19.3. The van der Waals surface area contributed by atoms with Crippen LogP contribution >= 0.6 is 0 Å². The number of rotatable bonds is 10. The van der Waals surface area contributed by atoms with Crippen LogP contribution in [-0.2, 0) is 4.79 Å². The minimum Gasteiger partial charge on any atom is -0.497 e. The van der Waals surface area contributed by atoms with Gasteiger partial charge in [0.05, 0.1) is 39.4 Å². The van der Waals surface area contributed by atoms with Crippen LogP contribution in [-0.4, -0.2) is 56.5 Å². The van der Waals surface area contributed by atoms with Crippen molar-refractivity contribution < 1.29 is 28.8 Å². The summed E-state index contributed by atoms with van der Waals surface area (Å²) in [6.45, 7) is 6.20. The number of nitrogens with zero attached hydrogens (tertiary/aromatic N) is 1. The van der Waals surface area contributed by atoms with Crippen molar-refractivity contribution >= 4 is 5.97 Å². The summed E-state index contributed by atoms with van der Waals surface area (Å²) in [5.74, 6) is 1.62. The number of carboxylic acids is 1. The lowest BCUT2D eigenvalue weighted by Crippen LogP contribution is -2.41. The molecule has 0 amide bonds. The Hall–Kier alpha value is -2.93. The standard InChI is InChI=1S/C25H33NO6/c1-5-31-21-12-9-17(14-23(21)32-6-2)24(26-13-7-8-18(16-26)25(27)28)20-11-10-19(29-3)15-22(20)30-4/h9-12,14-15,18,24H,5-8,13,16H2,1-4H3,(H,27,28). The van der Waals surface area contributed by atoms with Gasteiger partial charge in [-0.05, 0) is 63.1 Å². The summed E-state index contributed by atoms with van der Waals surface area (Å²) in [7, 11) is 3.25. The summed E-state index contributed by atoms with van der Waals surface area (Å²) in [5.41, 5.74) is 1.94. The van der Waals surface area contributed by atoms with E-state index in [2.05, 4.69) is 4.90 Å². The highest BCUT2D eigenvalue weighted by atomic mass is 16.5. The molecule has 1 N–H and O–H groups in total. The average Bonchev–Trinajstić information content (AvgIpc) is 2.81. The molecule has 1 fully saturated rings. The Morgan fingerprint density at radius 2 is 1.78 bits per heavy atom. The molecule has 2 atom stereocenters. The number of methoxy groups -OCH3 is 2. The van der Waals surface area contributed by atoms with Gasteiger partial charge in [0, 0.05) is 18.2 Å². The van der Waals surface area contributed by atoms with E-state index in [9.17, 15) is 9.90 Å². The van der Waals surface area contributed by atoms with Crippen LogP contribution in [0.4, 0.5) is 0 Å². The second-order valence-electron chi connectivity index (χ2n) is 7.75. The summed E-state index contributed by atoms with van der Waals surface area (Å²) < 4.78 is 22.7. The molecule has 7 heteroatoms. The highest BCUT2D eigenvalue weighted by Gasteiger charge is 2.33. The van der Waals surface area contributed by atoms with E-state index in [0.717, 1.165) is 24.1 Å². The van der Waals surface area contributed by atoms with Gasteiger partial charge in [-0.15, -0.1) is 0 Å². The maximum absolute atomic E-state index is 11.8. The second kappa shape index (κ2) is 11.1. The van der Waals surface area contributed by atoms with Gasteiger partial charge in [-0.25, -0.2) is 0 Å². The van der Waals surface area contributed by atoms with Crippen LogP contribution in [0.3, 0.4) is 0 Å². The fourth-order valence-electron chi connectivity index (χ4n) is 4.31. The van der Waals surface area contributed by atoms with Crippen molar-refractivity contribution in [2.75, 3.05) is 40.5 Å². The van der Waals surface area contributed by atoms with Crippen LogP contribution in [0.5, 0.6) is 23.0 Å². The number of hydrogen-bond acceptors (Lipinski definition) is 6. The Morgan fingerprint density at radius 3 is 2.44 bits per heavy atom. The van der Waals surface area contributed by atoms with Crippen LogP contribution in [0.2, 0.25) is 0 Å². The normalized spacial score (nSPS) is 17.4. The van der Waals surface area contributed by atoms with Gasteiger partial charge in [0.2, 0.25) is 0 Å². The fourth-order valence-corrected chi connectivity index (χ4v) is 4.31. The van der Waals surface area contributed by atoms with Crippen molar-refractivity contribution in [2.24, 2.45) is 5.92 Å². The maximum atomic E-state index is 11.8. The van der Waals surface area contributed by atoms with E-state index in [4.69, 9.17) is 18.9 Å². The third-order valence-electron chi connectivity index (χ3n) is 5.79. The molecule has 2 aromatic rings. The fraction of sp³-hybridized carbons (Fsp3) is 0.480. The van der Waals surface area contributed by atoms with E-state index in [0.29, 0.717) is 49.2 Å². The average molecular weight is 444 g/mol. The summed E-state index contributed by atoms with van der Waals surface area (Å²) in [6.07, 6.45) is 1.51. The molecule has 1 aliphatic rings. The van der Waals surface area contributed by atoms with E-state index in [1.165, 1.54) is 0 Å². The highest BCUT2D eigenvalue weighted by Crippen LogP contribution is 2.41. The monoisotopic (exact) mass is 443 g/mol. The zero-order chi connectivity index (χ0) is 23.1. The number of aliphatic carboxylic acids is 1. The first-order valence-electron chi connectivity index (χ1n) is 11.1. The molecule has 0 radical (unpaired) electrons. The van der Waals surface area contributed by atoms with Crippen molar-refractivity contribution in [3.05, 3.63) is 47.5 Å². The van der Waals surface area contributed by atoms with Gasteiger partial charge in [-0.1, -0.05) is 6.07 Å². The molecule has 1 aliphatic heterocycles. The molecule has 1 heterocycles. The van der Waals surface area contributed by atoms with Crippen molar-refractivity contribution in [1.29, 1.82) is 0 Å². The van der Waals surface area contributed by atoms with Crippen molar-refractivity contribution in [1.82, 2.24) is 4.90 Å². The zero-order valence-electron chi connectivity index (χ0n) is 19.3. The lowest BCUT2D eigenvalue weighted by molar-refractivity contribution is -0.143. The number of piperidine rings is 1. The maximum Gasteiger partial charge on any atom is 0.307 e. The summed E-state index contributed by atoms with van der Waals surface area (Å²) >= 11 is 0. The first-order valence-corrected chi connectivity index (χ1v) is 11.1. The van der Waals surface area contributed by atoms with Gasteiger partial charge in [0.1, 0.15) is 11.5 Å². The molecule has 0 spiro atoms. The summed E-state index contributed by atoms with van der Waals surface area (Å²) in [6, 6.07) is 11.5. The van der Waals surface area contributed by atoms with E-state index >= 15 is 0 Å². The van der Waals surface area contributed by atoms with Crippen molar-refractivity contribution in [3.63, 3.8) is 0 Å². The topological polar surface area (TPSA) is 77.5 Å². The Balaban J connectivity index is 2.11. The first kappa shape index (κ1) is 23.7. The predicted molar refractivity (Wildman–Crippen MR) is 122 cm³/mol. The van der Waals surface area contributed by atoms with Gasteiger partial charge in [0.25, 0.3) is 0 Å². The molecule has 3 rings (SSSR count). The predicted octanol–water partition coefficient (Wildman–Crippen LogP) is 4.39. The van der Waals surface area contributed by atoms with Gasteiger partial charge < -0.3 is 24.1 Å². The smallest absolute Gasteiger partial charge is 0.307 e. The third-order valence-corrected chi connectivity index (χ3v) is 5.79. The minimum atomic E-state index is -0.753. The highest BCUT2D eigenvalue weighted by molar-refractivity contribution is 5.70. The molecule has 0 aromatic heterocycles. The van der Waals surface area contributed by atoms with E-state index in [-0.39, 0.29) is 6.04 Å². The number of carboxylic acid groups (broad SMARTS) is 1. The Bertz CT molecular complexity index is 915. The molecular weight excluding hydrogens is 410 g/mol. The Labute approximate surface area is 189 Å². The molecule has 2 aromatic carbocycles. The molecular formula is C25H33NO6. The molecule has 0 saturated carbocycles. The molecule has 7 nitrogen and oxygen atoms in total. The quantitative estimate of drug-likeness (QED) is 0.584. The largest absolute Gasteiger partial charge is 0.497 e. The number of hydrogen-bond donors (Lipinski definition) is 1. The summed E-state index contributed by atoms with van der Waals surface area (Å²) in [4.78, 5) is 14.0. The van der Waals surface area contributed by atoms with Crippen LogP contribution in [0, 0.1) is 5.92 Å². The van der Waals surface area contributed by atoms with Gasteiger partial charge in [0.15, 0.2) is 11.5 Å². The SMILES string of the molecule is CCOc1ccc(C(c2ccc(OC)cc2OC)N2CCCC(C(=O)O)C2)cc1OCC. The van der Waals surface area contributed by atoms with Crippen molar-refractivity contribution in [3.8, 4) is 23.0 Å². The van der Waals surface area contributed by atoms with Crippen LogP contribution in [0.1, 0.15) is 43.9 Å². The molecule has 0 bridgehead atoms. The minimum absolute atomic E-state index is 0.201. The van der Waals surface area contributed by atoms with Gasteiger partial charge in [-0.2, -0.15) is 0 Å². The Kier molecular flexibility index (Phi) is 8.22. The number of likely N-dealkylation sites (tertiary alicyclic amines) is 1. The summed E-state index contributed by atoms with van der Waals surface area (Å²) in [5, 5.41) is 9.65. The Morgan fingerprint density at radius 1 is 1.03 bits per heavy atom. The van der Waals surface area contributed by atoms with Crippen LogP contribution in [0.15, 0.2) is 36.4 Å². The van der Waals surface area contributed by atoms with E-state index in [1.54, 1.807) is 14.2 Å². The number of benzene rings is 2. The second-order valence-corrected chi connectivity index (χ2v) is 7.75. The molecule has 1 saturated heterocycles. The lowest BCUT2D eigenvalue weighted by Gasteiger charge is -2.38. The molecule has 32 heavy (non-hydrogen) atoms. The number of carbonyl (C=O) groups is 1. The third kappa shape index (κ3) is 5.27. The lowest BCUT2D eigenvalue weighted by atomic mass is 9.90. The van der Waals surface area contributed by atoms with E-state index < -0.39 is 11.9 Å². The molecule has 2 unspecified atom stereocenters. The number of ether oxygens (including phenoxy) is 4. The van der Waals surface area contributed by atoms with Gasteiger partial charge >= 0.3 is 5.97 Å².